The number of nitrogens with one attached hydrogen (secondary N) is 1. The van der Waals surface area contributed by atoms with Crippen LogP contribution in [0, 0.1) is 5.92 Å². The predicted octanol–water partition coefficient (Wildman–Crippen LogP) is 1.62. The van der Waals surface area contributed by atoms with Crippen molar-refractivity contribution in [2.45, 2.75) is 12.8 Å². The highest BCUT2D eigenvalue weighted by atomic mass is 16.2. The second-order valence-electron chi connectivity index (χ2n) is 6.87. The standard InChI is InChI=1S/C20H21N7O2/c21-19(28)15-6-1-2-7-16(15)25-20(29)14-5-3-9-26(12-14)17-11-18(23-13-22-17)27-10-4-8-24-27/h1-2,4,6-8,10-11,13-14H,3,5,9,12H2,(H2,21,28)(H,25,29)/t14-/m0/s1. The molecule has 3 heterocycles. The van der Waals surface area contributed by atoms with Gasteiger partial charge in [-0.3, -0.25) is 9.59 Å². The SMILES string of the molecule is NC(=O)c1ccccc1NC(=O)[C@H]1CCCN(c2cc(-n3cccn3)ncn2)C1. The average Bonchev–Trinajstić information content (AvgIpc) is 3.29. The monoisotopic (exact) mass is 391 g/mol. The Morgan fingerprint density at radius 1 is 1.14 bits per heavy atom. The second-order valence-corrected chi connectivity index (χ2v) is 6.87. The number of anilines is 2. The molecule has 0 aliphatic carbocycles. The van der Waals surface area contributed by atoms with Crippen LogP contribution in [0.3, 0.4) is 0 Å². The molecule has 1 atom stereocenters. The minimum Gasteiger partial charge on any atom is -0.366 e. The van der Waals surface area contributed by atoms with Crippen LogP contribution in [0.25, 0.3) is 5.82 Å². The minimum atomic E-state index is -0.571. The molecule has 0 spiro atoms. The van der Waals surface area contributed by atoms with E-state index in [0.717, 1.165) is 25.2 Å². The van der Waals surface area contributed by atoms with Crippen molar-refractivity contribution in [1.29, 1.82) is 0 Å². The number of primary amides is 1. The van der Waals surface area contributed by atoms with Crippen molar-refractivity contribution < 1.29 is 9.59 Å². The third-order valence-electron chi connectivity index (χ3n) is 4.94. The largest absolute Gasteiger partial charge is 0.366 e. The molecular weight excluding hydrogens is 370 g/mol. The molecule has 0 radical (unpaired) electrons. The van der Waals surface area contributed by atoms with Crippen LogP contribution in [0.1, 0.15) is 23.2 Å². The summed E-state index contributed by atoms with van der Waals surface area (Å²) in [5, 5.41) is 7.05. The average molecular weight is 391 g/mol. The normalized spacial score (nSPS) is 16.4. The summed E-state index contributed by atoms with van der Waals surface area (Å²) in [6.45, 7) is 1.33. The van der Waals surface area contributed by atoms with Gasteiger partial charge in [-0.1, -0.05) is 12.1 Å². The number of para-hydroxylation sites is 1. The van der Waals surface area contributed by atoms with E-state index < -0.39 is 5.91 Å². The highest BCUT2D eigenvalue weighted by Gasteiger charge is 2.27. The molecule has 3 aromatic rings. The van der Waals surface area contributed by atoms with Crippen molar-refractivity contribution in [3.8, 4) is 5.82 Å². The van der Waals surface area contributed by atoms with E-state index in [1.165, 1.54) is 6.33 Å². The molecular formula is C20H21N7O2. The summed E-state index contributed by atoms with van der Waals surface area (Å²) >= 11 is 0. The van der Waals surface area contributed by atoms with Gasteiger partial charge in [0.05, 0.1) is 17.2 Å². The molecule has 0 unspecified atom stereocenters. The Morgan fingerprint density at radius 3 is 2.76 bits per heavy atom. The molecule has 3 N–H and O–H groups in total. The number of benzene rings is 1. The molecule has 29 heavy (non-hydrogen) atoms. The van der Waals surface area contributed by atoms with Crippen molar-refractivity contribution in [2.75, 3.05) is 23.3 Å². The summed E-state index contributed by atoms with van der Waals surface area (Å²) in [6.07, 6.45) is 6.62. The molecule has 2 amide bonds. The zero-order valence-electron chi connectivity index (χ0n) is 15.7. The third kappa shape index (κ3) is 4.08. The Kier molecular flexibility index (Phi) is 5.19. The van der Waals surface area contributed by atoms with Gasteiger partial charge in [-0.15, -0.1) is 0 Å². The van der Waals surface area contributed by atoms with Crippen molar-refractivity contribution in [3.05, 3.63) is 60.7 Å². The van der Waals surface area contributed by atoms with Gasteiger partial charge in [-0.25, -0.2) is 14.6 Å². The van der Waals surface area contributed by atoms with Crippen LogP contribution in [-0.4, -0.2) is 44.7 Å². The van der Waals surface area contributed by atoms with E-state index in [0.29, 0.717) is 23.6 Å². The first-order chi connectivity index (χ1) is 14.1. The summed E-state index contributed by atoms with van der Waals surface area (Å²) in [5.41, 5.74) is 6.14. The van der Waals surface area contributed by atoms with Crippen LogP contribution in [0.5, 0.6) is 0 Å². The lowest BCUT2D eigenvalue weighted by atomic mass is 9.96. The molecule has 1 aliphatic rings. The number of nitrogens with two attached hydrogens (primary N) is 1. The molecule has 1 aliphatic heterocycles. The van der Waals surface area contributed by atoms with Crippen LogP contribution >= 0.6 is 0 Å². The Bertz CT molecular complexity index is 1020. The van der Waals surface area contributed by atoms with Gasteiger partial charge < -0.3 is 16.0 Å². The number of nitrogens with zero attached hydrogens (tertiary/aromatic N) is 5. The molecule has 4 rings (SSSR count). The third-order valence-corrected chi connectivity index (χ3v) is 4.94. The van der Waals surface area contributed by atoms with Crippen LogP contribution < -0.4 is 16.0 Å². The Balaban J connectivity index is 1.48. The van der Waals surface area contributed by atoms with Crippen molar-refractivity contribution in [3.63, 3.8) is 0 Å². The minimum absolute atomic E-state index is 0.134. The lowest BCUT2D eigenvalue weighted by Gasteiger charge is -2.33. The zero-order chi connectivity index (χ0) is 20.2. The van der Waals surface area contributed by atoms with Gasteiger partial charge in [0.2, 0.25) is 5.91 Å². The summed E-state index contributed by atoms with van der Waals surface area (Å²) in [7, 11) is 0. The molecule has 9 heteroatoms. The highest BCUT2D eigenvalue weighted by Crippen LogP contribution is 2.24. The van der Waals surface area contributed by atoms with Gasteiger partial charge in [0.15, 0.2) is 5.82 Å². The van der Waals surface area contributed by atoms with Gasteiger partial charge in [0.1, 0.15) is 12.1 Å². The lowest BCUT2D eigenvalue weighted by Crippen LogP contribution is -2.41. The van der Waals surface area contributed by atoms with E-state index in [2.05, 4.69) is 25.3 Å². The molecule has 1 aromatic carbocycles. The number of rotatable bonds is 5. The molecule has 148 valence electrons. The molecule has 1 saturated heterocycles. The van der Waals surface area contributed by atoms with E-state index in [4.69, 9.17) is 5.73 Å². The topological polar surface area (TPSA) is 119 Å². The first-order valence-corrected chi connectivity index (χ1v) is 9.38. The number of carbonyl (C=O) groups is 2. The Morgan fingerprint density at radius 2 is 1.97 bits per heavy atom. The number of hydrogen-bond acceptors (Lipinski definition) is 6. The van der Waals surface area contributed by atoms with Gasteiger partial charge in [0, 0.05) is 31.5 Å². The summed E-state index contributed by atoms with van der Waals surface area (Å²) < 4.78 is 1.67. The number of hydrogen-bond donors (Lipinski definition) is 2. The predicted molar refractivity (Wildman–Crippen MR) is 108 cm³/mol. The van der Waals surface area contributed by atoms with E-state index in [1.54, 1.807) is 35.1 Å². The number of aromatic nitrogens is 4. The van der Waals surface area contributed by atoms with Crippen LogP contribution in [0.15, 0.2) is 55.1 Å². The van der Waals surface area contributed by atoms with Crippen LogP contribution in [0.2, 0.25) is 0 Å². The summed E-state index contributed by atoms with van der Waals surface area (Å²) in [6, 6.07) is 10.4. The van der Waals surface area contributed by atoms with Crippen molar-refractivity contribution >= 4 is 23.3 Å². The molecule has 9 nitrogen and oxygen atoms in total. The quantitative estimate of drug-likeness (QED) is 0.682. The molecule has 0 saturated carbocycles. The fraction of sp³-hybridized carbons (Fsp3) is 0.250. The molecule has 1 fully saturated rings. The van der Waals surface area contributed by atoms with Gasteiger partial charge >= 0.3 is 0 Å². The molecule has 0 bridgehead atoms. The summed E-state index contributed by atoms with van der Waals surface area (Å²) in [4.78, 5) is 35.1. The lowest BCUT2D eigenvalue weighted by molar-refractivity contribution is -0.120. The Hall–Kier alpha value is -3.75. The fourth-order valence-electron chi connectivity index (χ4n) is 3.48. The maximum absolute atomic E-state index is 12.8. The van der Waals surface area contributed by atoms with Gasteiger partial charge in [0.25, 0.3) is 5.91 Å². The van der Waals surface area contributed by atoms with Crippen LogP contribution in [0.4, 0.5) is 11.5 Å². The number of amides is 2. The first-order valence-electron chi connectivity index (χ1n) is 9.38. The highest BCUT2D eigenvalue weighted by molar-refractivity contribution is 6.03. The smallest absolute Gasteiger partial charge is 0.250 e. The summed E-state index contributed by atoms with van der Waals surface area (Å²) in [5.74, 6) is 0.485. The van der Waals surface area contributed by atoms with Crippen LogP contribution in [-0.2, 0) is 4.79 Å². The van der Waals surface area contributed by atoms with Gasteiger partial charge in [-0.2, -0.15) is 5.10 Å². The van der Waals surface area contributed by atoms with Crippen molar-refractivity contribution in [2.24, 2.45) is 11.7 Å². The fourth-order valence-corrected chi connectivity index (χ4v) is 3.48. The maximum atomic E-state index is 12.8. The van der Waals surface area contributed by atoms with Crippen molar-refractivity contribution in [1.82, 2.24) is 19.7 Å². The van der Waals surface area contributed by atoms with E-state index >= 15 is 0 Å². The second kappa shape index (κ2) is 8.09. The Labute approximate surface area is 167 Å². The van der Waals surface area contributed by atoms with E-state index in [1.807, 2.05) is 18.3 Å². The number of piperidine rings is 1. The first kappa shape index (κ1) is 18.6. The van der Waals surface area contributed by atoms with E-state index in [9.17, 15) is 9.59 Å². The zero-order valence-corrected chi connectivity index (χ0v) is 15.7. The van der Waals surface area contributed by atoms with E-state index in [-0.39, 0.29) is 11.8 Å². The maximum Gasteiger partial charge on any atom is 0.250 e. The van der Waals surface area contributed by atoms with Gasteiger partial charge in [-0.05, 0) is 31.0 Å². The molecule has 2 aromatic heterocycles. The number of carbonyl (C=O) groups excluding carboxylic acids is 2.